The highest BCUT2D eigenvalue weighted by atomic mass is 79.9. The van der Waals surface area contributed by atoms with Gasteiger partial charge in [-0.2, -0.15) is 18.3 Å². The van der Waals surface area contributed by atoms with Crippen molar-refractivity contribution in [1.82, 2.24) is 19.7 Å². The van der Waals surface area contributed by atoms with Crippen molar-refractivity contribution in [3.05, 3.63) is 34.5 Å². The second-order valence-corrected chi connectivity index (χ2v) is 5.05. The van der Waals surface area contributed by atoms with Crippen molar-refractivity contribution < 1.29 is 13.2 Å². The van der Waals surface area contributed by atoms with E-state index in [1.807, 2.05) is 13.8 Å². The summed E-state index contributed by atoms with van der Waals surface area (Å²) < 4.78 is 39.1. The molecule has 2 heterocycles. The van der Waals surface area contributed by atoms with E-state index in [1.54, 1.807) is 0 Å². The van der Waals surface area contributed by atoms with Crippen molar-refractivity contribution >= 4 is 15.9 Å². The van der Waals surface area contributed by atoms with E-state index in [0.717, 1.165) is 17.1 Å². The van der Waals surface area contributed by atoms with E-state index in [1.165, 1.54) is 6.07 Å². The number of aromatic nitrogens is 4. The third-order valence-corrected chi connectivity index (χ3v) is 2.77. The summed E-state index contributed by atoms with van der Waals surface area (Å²) in [5.41, 5.74) is -0.812. The maximum Gasteiger partial charge on any atom is 0.419 e. The van der Waals surface area contributed by atoms with Crippen molar-refractivity contribution in [3.63, 3.8) is 0 Å². The lowest BCUT2D eigenvalue weighted by molar-refractivity contribution is -0.137. The first-order valence-electron chi connectivity index (χ1n) is 5.44. The molecule has 0 aliphatic rings. The smallest absolute Gasteiger partial charge is 0.226 e. The molecule has 0 saturated heterocycles. The summed E-state index contributed by atoms with van der Waals surface area (Å²) in [6, 6.07) is 1.51. The summed E-state index contributed by atoms with van der Waals surface area (Å²) >= 11 is 3.21. The molecule has 2 aromatic heterocycles. The van der Waals surface area contributed by atoms with Crippen LogP contribution < -0.4 is 0 Å². The molecule has 0 bridgehead atoms. The van der Waals surface area contributed by atoms with Crippen LogP contribution in [0.4, 0.5) is 13.2 Å². The molecule has 0 saturated carbocycles. The molecule has 4 nitrogen and oxygen atoms in total. The maximum absolute atomic E-state index is 12.5. The Balaban J connectivity index is 2.44. The van der Waals surface area contributed by atoms with Crippen LogP contribution in [-0.4, -0.2) is 19.7 Å². The van der Waals surface area contributed by atoms with Crippen LogP contribution in [0.3, 0.4) is 0 Å². The highest BCUT2D eigenvalue weighted by Gasteiger charge is 2.32. The van der Waals surface area contributed by atoms with Crippen molar-refractivity contribution in [2.75, 3.05) is 0 Å². The van der Waals surface area contributed by atoms with Gasteiger partial charge in [-0.05, 0) is 15.9 Å². The molecule has 8 heteroatoms. The molecular weight excluding hydrogens is 325 g/mol. The first kappa shape index (κ1) is 14.0. The normalized spacial score (nSPS) is 12.2. The predicted octanol–water partition coefficient (Wildman–Crippen LogP) is 3.57. The van der Waals surface area contributed by atoms with Gasteiger partial charge < -0.3 is 0 Å². The van der Waals surface area contributed by atoms with E-state index in [2.05, 4.69) is 31.0 Å². The SMILES string of the molecule is CC(C)c1nc(Br)cc(-n2cc(C(F)(F)F)cn2)n1. The van der Waals surface area contributed by atoms with Crippen molar-refractivity contribution in [2.24, 2.45) is 0 Å². The highest BCUT2D eigenvalue weighted by Crippen LogP contribution is 2.29. The van der Waals surface area contributed by atoms with Crippen LogP contribution in [0.15, 0.2) is 23.1 Å². The van der Waals surface area contributed by atoms with Crippen molar-refractivity contribution in [3.8, 4) is 5.82 Å². The van der Waals surface area contributed by atoms with Gasteiger partial charge in [-0.25, -0.2) is 14.6 Å². The highest BCUT2D eigenvalue weighted by molar-refractivity contribution is 9.10. The Morgan fingerprint density at radius 2 is 1.95 bits per heavy atom. The summed E-state index contributed by atoms with van der Waals surface area (Å²) in [7, 11) is 0. The first-order valence-corrected chi connectivity index (χ1v) is 6.23. The minimum Gasteiger partial charge on any atom is -0.226 e. The standard InChI is InChI=1S/C11H10BrF3N4/c1-6(2)10-17-8(12)3-9(18-10)19-5-7(4-16-19)11(13,14)15/h3-6H,1-2H3. The van der Waals surface area contributed by atoms with Gasteiger partial charge in [0, 0.05) is 18.2 Å². The van der Waals surface area contributed by atoms with Crippen LogP contribution in [0.25, 0.3) is 5.82 Å². The Hall–Kier alpha value is -1.44. The predicted molar refractivity (Wildman–Crippen MR) is 65.9 cm³/mol. The Morgan fingerprint density at radius 3 is 2.47 bits per heavy atom. The zero-order valence-corrected chi connectivity index (χ0v) is 11.7. The topological polar surface area (TPSA) is 43.6 Å². The van der Waals surface area contributed by atoms with Crippen LogP contribution in [-0.2, 0) is 6.18 Å². The molecule has 0 radical (unpaired) electrons. The Morgan fingerprint density at radius 1 is 1.26 bits per heavy atom. The molecule has 0 N–H and O–H groups in total. The van der Waals surface area contributed by atoms with Gasteiger partial charge in [-0.1, -0.05) is 13.8 Å². The van der Waals surface area contributed by atoms with Gasteiger partial charge in [-0.3, -0.25) is 0 Å². The second kappa shape index (κ2) is 4.92. The van der Waals surface area contributed by atoms with Crippen LogP contribution in [0.2, 0.25) is 0 Å². The zero-order chi connectivity index (χ0) is 14.2. The molecule has 2 rings (SSSR count). The molecule has 102 valence electrons. The molecular formula is C11H10BrF3N4. The van der Waals surface area contributed by atoms with E-state index < -0.39 is 11.7 Å². The lowest BCUT2D eigenvalue weighted by atomic mass is 10.2. The minimum atomic E-state index is -4.41. The molecule has 0 spiro atoms. The zero-order valence-electron chi connectivity index (χ0n) is 10.1. The number of rotatable bonds is 2. The van der Waals surface area contributed by atoms with Crippen molar-refractivity contribution in [2.45, 2.75) is 25.9 Å². The van der Waals surface area contributed by atoms with Gasteiger partial charge in [0.2, 0.25) is 0 Å². The molecule has 0 aromatic carbocycles. The fourth-order valence-corrected chi connectivity index (χ4v) is 1.78. The molecule has 0 atom stereocenters. The van der Waals surface area contributed by atoms with E-state index in [0.29, 0.717) is 16.2 Å². The van der Waals surface area contributed by atoms with Gasteiger partial charge >= 0.3 is 6.18 Å². The minimum absolute atomic E-state index is 0.0638. The van der Waals surface area contributed by atoms with Crippen LogP contribution in [0, 0.1) is 0 Å². The number of halogens is 4. The fourth-order valence-electron chi connectivity index (χ4n) is 1.39. The summed E-state index contributed by atoms with van der Waals surface area (Å²) in [6.45, 7) is 3.80. The Bertz CT molecular complexity index is 592. The van der Waals surface area contributed by atoms with E-state index in [9.17, 15) is 13.2 Å². The maximum atomic E-state index is 12.5. The molecule has 2 aromatic rings. The van der Waals surface area contributed by atoms with Gasteiger partial charge in [0.25, 0.3) is 0 Å². The summed E-state index contributed by atoms with van der Waals surface area (Å²) in [4.78, 5) is 8.35. The average Bonchev–Trinajstić information content (AvgIpc) is 2.76. The molecule has 0 aliphatic carbocycles. The van der Waals surface area contributed by atoms with E-state index >= 15 is 0 Å². The Kier molecular flexibility index (Phi) is 3.62. The monoisotopic (exact) mass is 334 g/mol. The third kappa shape index (κ3) is 3.12. The fraction of sp³-hybridized carbons (Fsp3) is 0.364. The van der Waals surface area contributed by atoms with Gasteiger partial charge in [0.15, 0.2) is 5.82 Å². The molecule has 19 heavy (non-hydrogen) atoms. The number of hydrogen-bond donors (Lipinski definition) is 0. The van der Waals surface area contributed by atoms with E-state index in [4.69, 9.17) is 0 Å². The molecule has 0 amide bonds. The molecule has 0 aliphatic heterocycles. The van der Waals surface area contributed by atoms with Crippen LogP contribution >= 0.6 is 15.9 Å². The number of nitrogens with zero attached hydrogens (tertiary/aromatic N) is 4. The lowest BCUT2D eigenvalue weighted by Crippen LogP contribution is -2.06. The van der Waals surface area contributed by atoms with Crippen LogP contribution in [0.1, 0.15) is 31.2 Å². The second-order valence-electron chi connectivity index (χ2n) is 4.23. The summed E-state index contributed by atoms with van der Waals surface area (Å²) in [6.07, 6.45) is -2.74. The van der Waals surface area contributed by atoms with E-state index in [-0.39, 0.29) is 5.92 Å². The first-order chi connectivity index (χ1) is 8.77. The molecule has 0 fully saturated rings. The van der Waals surface area contributed by atoms with Gasteiger partial charge in [0.05, 0.1) is 11.8 Å². The van der Waals surface area contributed by atoms with Gasteiger partial charge in [-0.15, -0.1) is 0 Å². The number of alkyl halides is 3. The summed E-state index contributed by atoms with van der Waals surface area (Å²) in [5, 5.41) is 3.68. The largest absolute Gasteiger partial charge is 0.419 e. The summed E-state index contributed by atoms with van der Waals surface area (Å²) in [5.74, 6) is 0.892. The van der Waals surface area contributed by atoms with Crippen LogP contribution in [0.5, 0.6) is 0 Å². The Labute approximate surface area is 115 Å². The third-order valence-electron chi connectivity index (χ3n) is 2.36. The average molecular weight is 335 g/mol. The lowest BCUT2D eigenvalue weighted by Gasteiger charge is -2.07. The number of hydrogen-bond acceptors (Lipinski definition) is 3. The van der Waals surface area contributed by atoms with Crippen molar-refractivity contribution in [1.29, 1.82) is 0 Å². The molecule has 0 unspecified atom stereocenters. The van der Waals surface area contributed by atoms with Gasteiger partial charge in [0.1, 0.15) is 10.4 Å². The quantitative estimate of drug-likeness (QED) is 0.788.